The summed E-state index contributed by atoms with van der Waals surface area (Å²) in [5, 5.41) is 0. The molecule has 76 valence electrons. The van der Waals surface area contributed by atoms with E-state index in [9.17, 15) is 4.79 Å². The molecule has 0 bridgehead atoms. The van der Waals surface area contributed by atoms with Crippen molar-refractivity contribution in [2.45, 2.75) is 20.3 Å². The average Bonchev–Trinajstić information content (AvgIpc) is 2.69. The third kappa shape index (κ3) is 2.97. The average molecular weight is 187 g/mol. The van der Waals surface area contributed by atoms with Crippen LogP contribution in [0.5, 0.6) is 0 Å². The fourth-order valence-corrected chi connectivity index (χ4v) is 1.23. The lowest BCUT2D eigenvalue weighted by Gasteiger charge is -2.05. The molecule has 0 aliphatic heterocycles. The Hall–Kier alpha value is -0.610. The molecular weight excluding hydrogens is 170 g/mol. The van der Waals surface area contributed by atoms with Crippen molar-refractivity contribution >= 4 is 5.91 Å². The zero-order valence-corrected chi connectivity index (χ0v) is 8.42. The fraction of sp³-hybridized carbons (Fsp3) is 0.889. The second kappa shape index (κ2) is 4.07. The fourth-order valence-electron chi connectivity index (χ4n) is 1.23. The molecule has 4 nitrogen and oxygen atoms in total. The molecule has 1 N–H and O–H groups in total. The molecule has 1 saturated carbocycles. The number of hydrogen-bond donors (Lipinski definition) is 1. The van der Waals surface area contributed by atoms with Crippen molar-refractivity contribution in [1.82, 2.24) is 5.48 Å². The maximum Gasteiger partial charge on any atom is 0.247 e. The van der Waals surface area contributed by atoms with Gasteiger partial charge in [-0.3, -0.25) is 9.63 Å². The molecule has 0 aromatic rings. The molecule has 1 unspecified atom stereocenters. The van der Waals surface area contributed by atoms with Crippen LogP contribution < -0.4 is 5.48 Å². The van der Waals surface area contributed by atoms with Gasteiger partial charge in [0.2, 0.25) is 5.91 Å². The van der Waals surface area contributed by atoms with Gasteiger partial charge >= 0.3 is 0 Å². The van der Waals surface area contributed by atoms with Gasteiger partial charge in [0.25, 0.3) is 0 Å². The van der Waals surface area contributed by atoms with E-state index < -0.39 is 0 Å². The normalized spacial score (nSPS) is 24.1. The van der Waals surface area contributed by atoms with Crippen molar-refractivity contribution < 1.29 is 14.4 Å². The van der Waals surface area contributed by atoms with E-state index in [1.54, 1.807) is 7.11 Å². The molecule has 1 rings (SSSR count). The standard InChI is InChI=1S/C9H17NO3/c1-9(2)6-7(9)8(11)10-13-5-4-12-3/h7H,4-6H2,1-3H3,(H,10,11). The molecule has 0 radical (unpaired) electrons. The van der Waals surface area contributed by atoms with E-state index in [1.165, 1.54) is 0 Å². The van der Waals surface area contributed by atoms with Crippen LogP contribution in [0.25, 0.3) is 0 Å². The lowest BCUT2D eigenvalue weighted by Crippen LogP contribution is -2.28. The van der Waals surface area contributed by atoms with Crippen molar-refractivity contribution in [3.05, 3.63) is 0 Å². The molecule has 1 aliphatic rings. The first-order valence-electron chi connectivity index (χ1n) is 4.48. The number of amides is 1. The summed E-state index contributed by atoms with van der Waals surface area (Å²) in [5.74, 6) is 0.108. The molecule has 0 aromatic carbocycles. The van der Waals surface area contributed by atoms with E-state index in [2.05, 4.69) is 19.3 Å². The van der Waals surface area contributed by atoms with Crippen LogP contribution in [0.3, 0.4) is 0 Å². The van der Waals surface area contributed by atoms with Crippen molar-refractivity contribution in [3.8, 4) is 0 Å². The molecule has 1 fully saturated rings. The van der Waals surface area contributed by atoms with Gasteiger partial charge in [0, 0.05) is 13.0 Å². The highest BCUT2D eigenvalue weighted by Crippen LogP contribution is 2.51. The summed E-state index contributed by atoms with van der Waals surface area (Å²) in [6, 6.07) is 0. The van der Waals surface area contributed by atoms with Crippen molar-refractivity contribution in [3.63, 3.8) is 0 Å². The number of methoxy groups -OCH3 is 1. The zero-order chi connectivity index (χ0) is 9.90. The molecule has 4 heteroatoms. The predicted octanol–water partition coefficient (Wildman–Crippen LogP) is 0.727. The van der Waals surface area contributed by atoms with Crippen LogP contribution in [0, 0.1) is 11.3 Å². The summed E-state index contributed by atoms with van der Waals surface area (Å²) in [7, 11) is 1.59. The van der Waals surface area contributed by atoms with Crippen molar-refractivity contribution in [2.24, 2.45) is 11.3 Å². The minimum atomic E-state index is -0.0129. The number of nitrogens with one attached hydrogen (secondary N) is 1. The maximum atomic E-state index is 11.3. The highest BCUT2D eigenvalue weighted by Gasteiger charge is 2.50. The van der Waals surface area contributed by atoms with Gasteiger partial charge in [-0.15, -0.1) is 0 Å². The van der Waals surface area contributed by atoms with Crippen LogP contribution in [-0.2, 0) is 14.4 Å². The zero-order valence-electron chi connectivity index (χ0n) is 8.42. The molecule has 1 amide bonds. The quantitative estimate of drug-likeness (QED) is 0.510. The highest BCUT2D eigenvalue weighted by molar-refractivity contribution is 5.81. The summed E-state index contributed by atoms with van der Waals surface area (Å²) in [4.78, 5) is 16.2. The van der Waals surface area contributed by atoms with Crippen LogP contribution in [0.1, 0.15) is 20.3 Å². The summed E-state index contributed by atoms with van der Waals surface area (Å²) >= 11 is 0. The Bertz CT molecular complexity index is 191. The first-order valence-corrected chi connectivity index (χ1v) is 4.48. The smallest absolute Gasteiger partial charge is 0.247 e. The maximum absolute atomic E-state index is 11.3. The van der Waals surface area contributed by atoms with E-state index in [4.69, 9.17) is 9.57 Å². The van der Waals surface area contributed by atoms with E-state index in [1.807, 2.05) is 0 Å². The van der Waals surface area contributed by atoms with Gasteiger partial charge in [0.1, 0.15) is 0 Å². The third-order valence-electron chi connectivity index (χ3n) is 2.39. The van der Waals surface area contributed by atoms with Gasteiger partial charge in [0.15, 0.2) is 0 Å². The number of carbonyl (C=O) groups is 1. The molecule has 0 spiro atoms. The van der Waals surface area contributed by atoms with Crippen LogP contribution in [0.4, 0.5) is 0 Å². The van der Waals surface area contributed by atoms with Gasteiger partial charge in [0.05, 0.1) is 13.2 Å². The Morgan fingerprint density at radius 1 is 1.54 bits per heavy atom. The largest absolute Gasteiger partial charge is 0.382 e. The van der Waals surface area contributed by atoms with Crippen LogP contribution in [-0.4, -0.2) is 26.2 Å². The topological polar surface area (TPSA) is 47.6 Å². The number of ether oxygens (including phenoxy) is 1. The molecule has 0 saturated heterocycles. The first-order chi connectivity index (χ1) is 6.08. The summed E-state index contributed by atoms with van der Waals surface area (Å²) in [5.41, 5.74) is 2.58. The van der Waals surface area contributed by atoms with Gasteiger partial charge in [-0.05, 0) is 11.8 Å². The second-order valence-electron chi connectivity index (χ2n) is 4.05. The van der Waals surface area contributed by atoms with Crippen LogP contribution in [0.2, 0.25) is 0 Å². The van der Waals surface area contributed by atoms with Gasteiger partial charge in [-0.25, -0.2) is 5.48 Å². The van der Waals surface area contributed by atoms with Gasteiger partial charge in [-0.1, -0.05) is 13.8 Å². The predicted molar refractivity (Wildman–Crippen MR) is 47.9 cm³/mol. The summed E-state index contributed by atoms with van der Waals surface area (Å²) in [6.45, 7) is 5.04. The lowest BCUT2D eigenvalue weighted by molar-refractivity contribution is -0.136. The second-order valence-corrected chi connectivity index (χ2v) is 4.05. The van der Waals surface area contributed by atoms with E-state index in [0.29, 0.717) is 13.2 Å². The van der Waals surface area contributed by atoms with E-state index >= 15 is 0 Å². The number of rotatable bonds is 5. The minimum absolute atomic E-state index is 0.0129. The molecule has 0 heterocycles. The number of hydroxylamine groups is 1. The monoisotopic (exact) mass is 187 g/mol. The van der Waals surface area contributed by atoms with Crippen molar-refractivity contribution in [2.75, 3.05) is 20.3 Å². The summed E-state index contributed by atoms with van der Waals surface area (Å²) in [6.07, 6.45) is 0.951. The molecule has 1 aliphatic carbocycles. The minimum Gasteiger partial charge on any atom is -0.382 e. The molecule has 1 atom stereocenters. The Morgan fingerprint density at radius 2 is 2.15 bits per heavy atom. The Kier molecular flexibility index (Phi) is 3.27. The lowest BCUT2D eigenvalue weighted by atomic mass is 10.1. The van der Waals surface area contributed by atoms with Gasteiger partial charge < -0.3 is 4.74 Å². The van der Waals surface area contributed by atoms with E-state index in [0.717, 1.165) is 6.42 Å². The van der Waals surface area contributed by atoms with Gasteiger partial charge in [-0.2, -0.15) is 0 Å². The van der Waals surface area contributed by atoms with E-state index in [-0.39, 0.29) is 17.2 Å². The Balaban J connectivity index is 2.06. The van der Waals surface area contributed by atoms with Crippen LogP contribution >= 0.6 is 0 Å². The Labute approximate surface area is 78.5 Å². The molecule has 13 heavy (non-hydrogen) atoms. The summed E-state index contributed by atoms with van der Waals surface area (Å²) < 4.78 is 4.76. The molecule has 0 aromatic heterocycles. The van der Waals surface area contributed by atoms with Crippen molar-refractivity contribution in [1.29, 1.82) is 0 Å². The molecular formula is C9H17NO3. The number of carbonyl (C=O) groups excluding carboxylic acids is 1. The van der Waals surface area contributed by atoms with Crippen LogP contribution in [0.15, 0.2) is 0 Å². The highest BCUT2D eigenvalue weighted by atomic mass is 16.7. The Morgan fingerprint density at radius 3 is 2.62 bits per heavy atom. The number of hydrogen-bond acceptors (Lipinski definition) is 3. The first kappa shape index (κ1) is 10.5. The SMILES string of the molecule is COCCONC(=O)C1CC1(C)C. The third-order valence-corrected chi connectivity index (χ3v) is 2.39.